The van der Waals surface area contributed by atoms with Crippen LogP contribution in [-0.4, -0.2) is 38.4 Å². The second kappa shape index (κ2) is 6.59. The van der Waals surface area contributed by atoms with Gasteiger partial charge < -0.3 is 25.4 Å². The molecule has 2 aliphatic rings. The predicted octanol–water partition coefficient (Wildman–Crippen LogP) is -0.974. The molecule has 2 aliphatic heterocycles. The molecule has 2 aromatic rings. The van der Waals surface area contributed by atoms with E-state index in [-0.39, 0.29) is 23.6 Å². The molecule has 29 heavy (non-hydrogen) atoms. The summed E-state index contributed by atoms with van der Waals surface area (Å²) in [6.45, 7) is 1.41. The second-order valence-electron chi connectivity index (χ2n) is 7.76. The lowest BCUT2D eigenvalue weighted by Gasteiger charge is -2.29. The van der Waals surface area contributed by atoms with Gasteiger partial charge in [-0.2, -0.15) is 0 Å². The van der Waals surface area contributed by atoms with Crippen LogP contribution in [0.4, 0.5) is 0 Å². The van der Waals surface area contributed by atoms with Crippen molar-refractivity contribution in [3.05, 3.63) is 59.7 Å². The van der Waals surface area contributed by atoms with Crippen LogP contribution in [0.3, 0.4) is 0 Å². The van der Waals surface area contributed by atoms with Crippen molar-refractivity contribution in [1.82, 2.24) is 4.90 Å². The molecule has 0 aromatic heterocycles. The van der Waals surface area contributed by atoms with Crippen LogP contribution in [0.5, 0.6) is 11.5 Å². The van der Waals surface area contributed by atoms with E-state index in [4.69, 9.17) is 0 Å². The Balaban J connectivity index is 1.77. The molecule has 8 nitrogen and oxygen atoms in total. The lowest BCUT2D eigenvalue weighted by Crippen LogP contribution is -2.98. The number of carbonyl (C=O) groups is 3. The molecule has 4 rings (SSSR count). The van der Waals surface area contributed by atoms with Gasteiger partial charge in [-0.15, -0.1) is 0 Å². The van der Waals surface area contributed by atoms with Gasteiger partial charge in [0.25, 0.3) is 0 Å². The Kier molecular flexibility index (Phi) is 4.31. The van der Waals surface area contributed by atoms with Crippen LogP contribution < -0.4 is 10.4 Å². The number of benzene rings is 2. The van der Waals surface area contributed by atoms with E-state index >= 15 is 0 Å². The quantitative estimate of drug-likeness (QED) is 0.569. The number of likely N-dealkylation sites (tertiary alicyclic amines) is 1. The zero-order valence-corrected chi connectivity index (χ0v) is 15.6. The topological polar surface area (TPSA) is 135 Å². The maximum atomic E-state index is 13.2. The van der Waals surface area contributed by atoms with Crippen molar-refractivity contribution in [2.24, 2.45) is 11.8 Å². The average molecular weight is 396 g/mol. The van der Waals surface area contributed by atoms with Crippen LogP contribution in [0.1, 0.15) is 24.1 Å². The minimum atomic E-state index is -1.67. The molecule has 0 radical (unpaired) electrons. The molecule has 2 aromatic carbocycles. The second-order valence-corrected chi connectivity index (χ2v) is 7.76. The average Bonchev–Trinajstić information content (AvgIpc) is 3.12. The first kappa shape index (κ1) is 18.9. The number of amides is 2. The molecule has 2 fully saturated rings. The number of carboxylic acids is 1. The number of phenols is 2. The fraction of sp³-hybridized carbons (Fsp3) is 0.286. The molecule has 4 N–H and O–H groups in total. The van der Waals surface area contributed by atoms with Crippen LogP contribution >= 0.6 is 0 Å². The van der Waals surface area contributed by atoms with Crippen molar-refractivity contribution in [3.8, 4) is 11.5 Å². The number of fused-ring (bicyclic) bond motifs is 1. The smallest absolute Gasteiger partial charge is 0.240 e. The first-order chi connectivity index (χ1) is 13.7. The fourth-order valence-corrected chi connectivity index (χ4v) is 4.54. The number of quaternary nitrogens is 1. The molecule has 2 saturated heterocycles. The largest absolute Gasteiger partial charge is 0.544 e. The Labute approximate surface area is 166 Å². The highest BCUT2D eigenvalue weighted by Gasteiger charge is 2.68. The van der Waals surface area contributed by atoms with Gasteiger partial charge in [0.05, 0.1) is 12.1 Å². The highest BCUT2D eigenvalue weighted by atomic mass is 16.4. The van der Waals surface area contributed by atoms with Crippen molar-refractivity contribution in [1.29, 1.82) is 0 Å². The van der Waals surface area contributed by atoms with E-state index < -0.39 is 41.2 Å². The Bertz CT molecular complexity index is 1010. The molecule has 2 heterocycles. The Morgan fingerprint density at radius 3 is 2.45 bits per heavy atom. The number of nitrogens with zero attached hydrogens (tertiary/aromatic N) is 1. The molecule has 0 spiro atoms. The summed E-state index contributed by atoms with van der Waals surface area (Å²) in [4.78, 5) is 39.4. The highest BCUT2D eigenvalue weighted by Crippen LogP contribution is 2.46. The van der Waals surface area contributed by atoms with Gasteiger partial charge in [0.15, 0.2) is 0 Å². The third kappa shape index (κ3) is 2.84. The highest BCUT2D eigenvalue weighted by molar-refractivity contribution is 6.08. The normalized spacial score (nSPS) is 28.6. The lowest BCUT2D eigenvalue weighted by molar-refractivity contribution is -0.735. The van der Waals surface area contributed by atoms with E-state index in [9.17, 15) is 29.7 Å². The van der Waals surface area contributed by atoms with Gasteiger partial charge in [0, 0.05) is 6.07 Å². The monoisotopic (exact) mass is 396 g/mol. The third-order valence-electron chi connectivity index (χ3n) is 6.00. The van der Waals surface area contributed by atoms with E-state index in [1.54, 1.807) is 24.3 Å². The molecule has 2 amide bonds. The molecule has 4 atom stereocenters. The SMILES string of the molecule is C[C@]1(C(=O)[O-])[NH2+][C@@H](c2ccc(O)cc2O)[C@H]2C(=O)N(Cc3ccccc3)C(=O)[C@H]21. The fourth-order valence-electron chi connectivity index (χ4n) is 4.54. The Morgan fingerprint density at radius 1 is 1.14 bits per heavy atom. The van der Waals surface area contributed by atoms with Crippen molar-refractivity contribution >= 4 is 17.8 Å². The molecular formula is C21H20N2O6. The maximum absolute atomic E-state index is 13.2. The van der Waals surface area contributed by atoms with Crippen molar-refractivity contribution in [3.63, 3.8) is 0 Å². The number of hydrogen-bond acceptors (Lipinski definition) is 6. The Hall–Kier alpha value is -3.39. The summed E-state index contributed by atoms with van der Waals surface area (Å²) >= 11 is 0. The van der Waals surface area contributed by atoms with Crippen LogP contribution in [0.2, 0.25) is 0 Å². The number of carboxylic acid groups (broad SMARTS) is 1. The molecule has 0 unspecified atom stereocenters. The predicted molar refractivity (Wildman–Crippen MR) is 96.8 cm³/mol. The van der Waals surface area contributed by atoms with E-state index in [0.717, 1.165) is 16.5 Å². The van der Waals surface area contributed by atoms with E-state index in [2.05, 4.69) is 0 Å². The standard InChI is InChI=1S/C21H20N2O6/c1-21(20(28)29)16-15(17(22-21)13-8-7-12(24)9-14(13)25)18(26)23(19(16)27)10-11-5-3-2-4-6-11/h2-9,15-17,22,24-25H,10H2,1H3,(H,28,29)/t15-,16-,17-,21-/m0/s1. The van der Waals surface area contributed by atoms with Gasteiger partial charge in [-0.3, -0.25) is 14.5 Å². The number of rotatable bonds is 4. The van der Waals surface area contributed by atoms with Crippen LogP contribution in [0.25, 0.3) is 0 Å². The van der Waals surface area contributed by atoms with Crippen molar-refractivity contribution < 1.29 is 35.0 Å². The lowest BCUT2D eigenvalue weighted by atomic mass is 9.80. The van der Waals surface area contributed by atoms with Crippen LogP contribution in [0, 0.1) is 11.8 Å². The minimum absolute atomic E-state index is 0.0446. The summed E-state index contributed by atoms with van der Waals surface area (Å²) in [5, 5.41) is 33.2. The zero-order chi connectivity index (χ0) is 20.9. The van der Waals surface area contributed by atoms with E-state index in [1.165, 1.54) is 24.4 Å². The van der Waals surface area contributed by atoms with Gasteiger partial charge in [-0.1, -0.05) is 30.3 Å². The summed E-state index contributed by atoms with van der Waals surface area (Å²) in [7, 11) is 0. The number of nitrogens with two attached hydrogens (primary N) is 1. The summed E-state index contributed by atoms with van der Waals surface area (Å²) in [5.74, 6) is -5.02. The summed E-state index contributed by atoms with van der Waals surface area (Å²) in [6, 6.07) is 12.0. The minimum Gasteiger partial charge on any atom is -0.544 e. The zero-order valence-electron chi connectivity index (χ0n) is 15.6. The first-order valence-electron chi connectivity index (χ1n) is 9.22. The first-order valence-corrected chi connectivity index (χ1v) is 9.22. The number of hydrogen-bond donors (Lipinski definition) is 3. The summed E-state index contributed by atoms with van der Waals surface area (Å²) < 4.78 is 0. The number of aromatic hydroxyl groups is 2. The molecule has 0 saturated carbocycles. The Morgan fingerprint density at radius 2 is 1.83 bits per heavy atom. The van der Waals surface area contributed by atoms with E-state index in [0.29, 0.717) is 0 Å². The van der Waals surface area contributed by atoms with Gasteiger partial charge in [0.1, 0.15) is 40.9 Å². The van der Waals surface area contributed by atoms with Gasteiger partial charge >= 0.3 is 0 Å². The number of carbonyl (C=O) groups excluding carboxylic acids is 3. The van der Waals surface area contributed by atoms with Crippen molar-refractivity contribution in [2.45, 2.75) is 25.0 Å². The third-order valence-corrected chi connectivity index (χ3v) is 6.00. The number of phenolic OH excluding ortho intramolecular Hbond substituents is 2. The van der Waals surface area contributed by atoms with Gasteiger partial charge in [-0.05, 0) is 24.6 Å². The van der Waals surface area contributed by atoms with Gasteiger partial charge in [0.2, 0.25) is 11.8 Å². The maximum Gasteiger partial charge on any atom is 0.240 e. The van der Waals surface area contributed by atoms with Gasteiger partial charge in [-0.25, -0.2) is 0 Å². The van der Waals surface area contributed by atoms with Crippen LogP contribution in [0.15, 0.2) is 48.5 Å². The molecule has 150 valence electrons. The summed E-state index contributed by atoms with van der Waals surface area (Å²) in [5.41, 5.74) is -0.638. The van der Waals surface area contributed by atoms with E-state index in [1.807, 2.05) is 6.07 Å². The summed E-state index contributed by atoms with van der Waals surface area (Å²) in [6.07, 6.45) is 0. The molecule has 0 bridgehead atoms. The molecule has 0 aliphatic carbocycles. The molecular weight excluding hydrogens is 376 g/mol. The molecule has 8 heteroatoms. The number of aliphatic carboxylic acids is 1. The number of imide groups is 1. The van der Waals surface area contributed by atoms with Crippen molar-refractivity contribution in [2.75, 3.05) is 0 Å². The van der Waals surface area contributed by atoms with Crippen LogP contribution in [-0.2, 0) is 20.9 Å².